The summed E-state index contributed by atoms with van der Waals surface area (Å²) in [5.74, 6) is -0.365. The fourth-order valence-electron chi connectivity index (χ4n) is 2.35. The quantitative estimate of drug-likeness (QED) is 0.713. The Balaban J connectivity index is 2.10. The van der Waals surface area contributed by atoms with Gasteiger partial charge in [0, 0.05) is 12.7 Å². The van der Waals surface area contributed by atoms with E-state index in [0.717, 1.165) is 10.7 Å². The SMILES string of the molecule is O=C1[C@@H]2CCCN2S(=O)(=O)N1c1cccnc1. The van der Waals surface area contributed by atoms with Gasteiger partial charge in [0.05, 0.1) is 11.9 Å². The van der Waals surface area contributed by atoms with Crippen LogP contribution in [-0.2, 0) is 15.0 Å². The predicted molar refractivity (Wildman–Crippen MR) is 60.4 cm³/mol. The lowest BCUT2D eigenvalue weighted by atomic mass is 10.2. The molecule has 1 aromatic rings. The van der Waals surface area contributed by atoms with E-state index in [1.54, 1.807) is 12.1 Å². The lowest BCUT2D eigenvalue weighted by Crippen LogP contribution is -2.34. The molecule has 0 N–H and O–H groups in total. The van der Waals surface area contributed by atoms with Crippen molar-refractivity contribution in [1.29, 1.82) is 0 Å². The molecule has 6 nitrogen and oxygen atoms in total. The third-order valence-electron chi connectivity index (χ3n) is 3.10. The maximum Gasteiger partial charge on any atom is 0.311 e. The van der Waals surface area contributed by atoms with Crippen LogP contribution in [0.1, 0.15) is 12.8 Å². The second-order valence-electron chi connectivity index (χ2n) is 4.09. The Morgan fingerprint density at radius 1 is 1.41 bits per heavy atom. The van der Waals surface area contributed by atoms with Gasteiger partial charge in [0.25, 0.3) is 5.91 Å². The van der Waals surface area contributed by atoms with Crippen LogP contribution in [0.5, 0.6) is 0 Å². The van der Waals surface area contributed by atoms with Crippen LogP contribution < -0.4 is 4.31 Å². The van der Waals surface area contributed by atoms with Gasteiger partial charge < -0.3 is 0 Å². The molecule has 1 atom stereocenters. The van der Waals surface area contributed by atoms with Gasteiger partial charge in [0.2, 0.25) is 0 Å². The van der Waals surface area contributed by atoms with Gasteiger partial charge in [0.1, 0.15) is 6.04 Å². The molecule has 0 radical (unpaired) electrons. The molecule has 0 aliphatic carbocycles. The highest BCUT2D eigenvalue weighted by molar-refractivity contribution is 7.91. The first-order chi connectivity index (χ1) is 8.12. The van der Waals surface area contributed by atoms with Crippen molar-refractivity contribution in [3.63, 3.8) is 0 Å². The summed E-state index contributed by atoms with van der Waals surface area (Å²) in [6, 6.07) is 2.67. The van der Waals surface area contributed by atoms with E-state index < -0.39 is 16.3 Å². The molecule has 3 rings (SSSR count). The number of amides is 1. The minimum absolute atomic E-state index is 0.312. The van der Waals surface area contributed by atoms with Crippen LogP contribution >= 0.6 is 0 Å². The lowest BCUT2D eigenvalue weighted by molar-refractivity contribution is -0.119. The van der Waals surface area contributed by atoms with Crippen molar-refractivity contribution in [1.82, 2.24) is 9.29 Å². The number of hydrogen-bond acceptors (Lipinski definition) is 4. The molecule has 0 aromatic carbocycles. The number of fused-ring (bicyclic) bond motifs is 1. The van der Waals surface area contributed by atoms with Gasteiger partial charge in [-0.2, -0.15) is 17.0 Å². The lowest BCUT2D eigenvalue weighted by Gasteiger charge is -2.16. The summed E-state index contributed by atoms with van der Waals surface area (Å²) in [7, 11) is -3.69. The van der Waals surface area contributed by atoms with Crippen LogP contribution in [0.2, 0.25) is 0 Å². The first-order valence-electron chi connectivity index (χ1n) is 5.38. The minimum atomic E-state index is -3.69. The van der Waals surface area contributed by atoms with E-state index in [4.69, 9.17) is 0 Å². The molecular formula is C10H11N3O3S. The Kier molecular flexibility index (Phi) is 2.20. The van der Waals surface area contributed by atoms with E-state index in [1.807, 2.05) is 0 Å². The Bertz CT molecular complexity index is 557. The van der Waals surface area contributed by atoms with Crippen molar-refractivity contribution >= 4 is 21.8 Å². The summed E-state index contributed by atoms with van der Waals surface area (Å²) in [4.78, 5) is 15.9. The zero-order valence-corrected chi connectivity index (χ0v) is 9.80. The van der Waals surface area contributed by atoms with Gasteiger partial charge in [-0.05, 0) is 25.0 Å². The Hall–Kier alpha value is -1.47. The van der Waals surface area contributed by atoms with Gasteiger partial charge in [-0.25, -0.2) is 0 Å². The van der Waals surface area contributed by atoms with E-state index in [0.29, 0.717) is 18.7 Å². The van der Waals surface area contributed by atoms with Gasteiger partial charge in [-0.15, -0.1) is 0 Å². The summed E-state index contributed by atoms with van der Waals surface area (Å²) in [5, 5.41) is 0. The van der Waals surface area contributed by atoms with Crippen LogP contribution in [0, 0.1) is 0 Å². The topological polar surface area (TPSA) is 70.6 Å². The highest BCUT2D eigenvalue weighted by atomic mass is 32.2. The summed E-state index contributed by atoms with van der Waals surface area (Å²) in [6.07, 6.45) is 4.28. The fraction of sp³-hybridized carbons (Fsp3) is 0.400. The van der Waals surface area contributed by atoms with E-state index in [9.17, 15) is 13.2 Å². The Morgan fingerprint density at radius 3 is 2.88 bits per heavy atom. The molecule has 0 spiro atoms. The van der Waals surface area contributed by atoms with Gasteiger partial charge in [-0.1, -0.05) is 0 Å². The number of hydrogen-bond donors (Lipinski definition) is 0. The summed E-state index contributed by atoms with van der Waals surface area (Å²) >= 11 is 0. The first-order valence-corrected chi connectivity index (χ1v) is 6.78. The molecule has 17 heavy (non-hydrogen) atoms. The molecule has 90 valence electrons. The van der Waals surface area contributed by atoms with Gasteiger partial charge in [-0.3, -0.25) is 9.78 Å². The van der Waals surface area contributed by atoms with Crippen LogP contribution in [0.3, 0.4) is 0 Å². The minimum Gasteiger partial charge on any atom is -0.271 e. The van der Waals surface area contributed by atoms with Crippen molar-refractivity contribution in [2.24, 2.45) is 0 Å². The third kappa shape index (κ3) is 1.39. The van der Waals surface area contributed by atoms with E-state index in [1.165, 1.54) is 16.7 Å². The molecule has 3 heterocycles. The Labute approximate surface area is 99.0 Å². The van der Waals surface area contributed by atoms with Gasteiger partial charge in [0.15, 0.2) is 0 Å². The number of anilines is 1. The normalized spacial score (nSPS) is 27.4. The average molecular weight is 253 g/mol. The number of rotatable bonds is 1. The van der Waals surface area contributed by atoms with E-state index >= 15 is 0 Å². The smallest absolute Gasteiger partial charge is 0.271 e. The van der Waals surface area contributed by atoms with Crippen molar-refractivity contribution in [3.05, 3.63) is 24.5 Å². The van der Waals surface area contributed by atoms with Crippen LogP contribution in [0.4, 0.5) is 5.69 Å². The highest BCUT2D eigenvalue weighted by Crippen LogP contribution is 2.34. The van der Waals surface area contributed by atoms with Crippen molar-refractivity contribution in [3.8, 4) is 0 Å². The number of carbonyl (C=O) groups is 1. The largest absolute Gasteiger partial charge is 0.311 e. The fourth-order valence-corrected chi connectivity index (χ4v) is 4.16. The number of nitrogens with zero attached hydrogens (tertiary/aromatic N) is 3. The molecule has 1 aromatic heterocycles. The monoisotopic (exact) mass is 253 g/mol. The molecule has 2 fully saturated rings. The summed E-state index contributed by atoms with van der Waals surface area (Å²) < 4.78 is 26.5. The molecule has 0 saturated carbocycles. The molecular weight excluding hydrogens is 242 g/mol. The molecule has 1 amide bonds. The standard InChI is InChI=1S/C10H11N3O3S/c14-10-9-4-2-6-12(9)17(15,16)13(10)8-3-1-5-11-7-8/h1,3,5,7,9H,2,4,6H2/t9-/m0/s1. The van der Waals surface area contributed by atoms with E-state index in [2.05, 4.69) is 4.98 Å². The molecule has 2 aliphatic rings. The molecule has 0 bridgehead atoms. The van der Waals surface area contributed by atoms with E-state index in [-0.39, 0.29) is 5.91 Å². The van der Waals surface area contributed by atoms with Crippen molar-refractivity contribution in [2.45, 2.75) is 18.9 Å². The number of pyridine rings is 1. The zero-order valence-electron chi connectivity index (χ0n) is 8.98. The molecule has 0 unspecified atom stereocenters. The van der Waals surface area contributed by atoms with Crippen molar-refractivity contribution in [2.75, 3.05) is 10.8 Å². The van der Waals surface area contributed by atoms with Crippen molar-refractivity contribution < 1.29 is 13.2 Å². The first kappa shape index (κ1) is 10.7. The van der Waals surface area contributed by atoms with Gasteiger partial charge >= 0.3 is 10.2 Å². The Morgan fingerprint density at radius 2 is 2.24 bits per heavy atom. The second-order valence-corrected chi connectivity index (χ2v) is 5.82. The summed E-state index contributed by atoms with van der Waals surface area (Å²) in [5.41, 5.74) is 0.312. The molecule has 2 saturated heterocycles. The number of aromatic nitrogens is 1. The predicted octanol–water partition coefficient (Wildman–Crippen LogP) is 0.137. The summed E-state index contributed by atoms with van der Waals surface area (Å²) in [6.45, 7) is 0.426. The van der Waals surface area contributed by atoms with Crippen LogP contribution in [-0.4, -0.2) is 36.2 Å². The maximum atomic E-state index is 12.2. The molecule has 7 heteroatoms. The average Bonchev–Trinajstić information content (AvgIpc) is 2.85. The highest BCUT2D eigenvalue weighted by Gasteiger charge is 2.53. The third-order valence-corrected chi connectivity index (χ3v) is 4.98. The van der Waals surface area contributed by atoms with Crippen LogP contribution in [0.25, 0.3) is 0 Å². The second kappa shape index (κ2) is 3.51. The zero-order chi connectivity index (χ0) is 12.0. The molecule has 2 aliphatic heterocycles. The number of carbonyl (C=O) groups excluding carboxylic acids is 1. The van der Waals surface area contributed by atoms with Crippen LogP contribution in [0.15, 0.2) is 24.5 Å². The maximum absolute atomic E-state index is 12.2.